The molecule has 0 radical (unpaired) electrons. The van der Waals surface area contributed by atoms with Gasteiger partial charge in [-0.15, -0.1) is 0 Å². The van der Waals surface area contributed by atoms with Crippen LogP contribution < -0.4 is 0 Å². The molecule has 0 saturated heterocycles. The third-order valence-corrected chi connectivity index (χ3v) is 3.35. The molecule has 0 heterocycles. The van der Waals surface area contributed by atoms with E-state index >= 15 is 0 Å². The second-order valence-corrected chi connectivity index (χ2v) is 4.94. The van der Waals surface area contributed by atoms with Crippen molar-refractivity contribution in [2.75, 3.05) is 0 Å². The SMILES string of the molecule is CC=CC1(O)C/C=C\CCCCCCCC1. The highest BCUT2D eigenvalue weighted by Gasteiger charge is 2.20. The van der Waals surface area contributed by atoms with Crippen LogP contribution in [0.25, 0.3) is 0 Å². The van der Waals surface area contributed by atoms with Gasteiger partial charge in [-0.1, -0.05) is 56.4 Å². The zero-order valence-corrected chi connectivity index (χ0v) is 10.6. The average Bonchev–Trinajstić information content (AvgIpc) is 2.24. The van der Waals surface area contributed by atoms with Crippen molar-refractivity contribution < 1.29 is 5.11 Å². The lowest BCUT2D eigenvalue weighted by Gasteiger charge is -2.23. The van der Waals surface area contributed by atoms with Gasteiger partial charge in [0.15, 0.2) is 0 Å². The Balaban J connectivity index is 2.52. The average molecular weight is 222 g/mol. The molecular formula is C15H26O. The van der Waals surface area contributed by atoms with Crippen molar-refractivity contribution >= 4 is 0 Å². The van der Waals surface area contributed by atoms with Crippen molar-refractivity contribution in [1.29, 1.82) is 0 Å². The van der Waals surface area contributed by atoms with Gasteiger partial charge < -0.3 is 5.11 Å². The van der Waals surface area contributed by atoms with Gasteiger partial charge in [0.1, 0.15) is 0 Å². The van der Waals surface area contributed by atoms with E-state index in [0.717, 1.165) is 19.3 Å². The van der Waals surface area contributed by atoms with E-state index in [1.165, 1.54) is 38.5 Å². The van der Waals surface area contributed by atoms with Gasteiger partial charge in [-0.2, -0.15) is 0 Å². The Bertz CT molecular complexity index is 230. The van der Waals surface area contributed by atoms with E-state index in [1.54, 1.807) is 0 Å². The lowest BCUT2D eigenvalue weighted by atomic mass is 9.91. The predicted molar refractivity (Wildman–Crippen MR) is 70.5 cm³/mol. The molecule has 0 aliphatic heterocycles. The van der Waals surface area contributed by atoms with E-state index < -0.39 is 5.60 Å². The fourth-order valence-electron chi connectivity index (χ4n) is 2.37. The highest BCUT2D eigenvalue weighted by Crippen LogP contribution is 2.23. The van der Waals surface area contributed by atoms with Gasteiger partial charge in [-0.05, 0) is 32.6 Å². The van der Waals surface area contributed by atoms with Crippen LogP contribution in [0.1, 0.15) is 64.7 Å². The smallest absolute Gasteiger partial charge is 0.0861 e. The molecular weight excluding hydrogens is 196 g/mol. The van der Waals surface area contributed by atoms with Gasteiger partial charge in [0.05, 0.1) is 5.60 Å². The zero-order chi connectivity index (χ0) is 11.7. The molecule has 1 rings (SSSR count). The standard InChI is InChI=1S/C15H26O/c1-2-12-15(16)13-10-8-6-4-3-5-7-9-11-14-15/h2,8,10,12,16H,3-7,9,11,13-14H2,1H3/b10-8-,12-2?. The fraction of sp³-hybridized carbons (Fsp3) is 0.733. The minimum absolute atomic E-state index is 0.593. The molecule has 0 aromatic rings. The number of rotatable bonds is 1. The van der Waals surface area contributed by atoms with Crippen LogP contribution in [0, 0.1) is 0 Å². The third-order valence-electron chi connectivity index (χ3n) is 3.35. The van der Waals surface area contributed by atoms with E-state index in [2.05, 4.69) is 12.2 Å². The van der Waals surface area contributed by atoms with Crippen LogP contribution in [0.4, 0.5) is 0 Å². The molecule has 0 amide bonds. The van der Waals surface area contributed by atoms with E-state index in [9.17, 15) is 5.11 Å². The fourth-order valence-corrected chi connectivity index (χ4v) is 2.37. The molecule has 0 spiro atoms. The second-order valence-electron chi connectivity index (χ2n) is 4.94. The number of hydrogen-bond donors (Lipinski definition) is 1. The zero-order valence-electron chi connectivity index (χ0n) is 10.6. The van der Waals surface area contributed by atoms with E-state index in [-0.39, 0.29) is 0 Å². The topological polar surface area (TPSA) is 20.2 Å². The van der Waals surface area contributed by atoms with Crippen molar-refractivity contribution in [3.05, 3.63) is 24.3 Å². The Labute approximate surface area is 100 Å². The maximum Gasteiger partial charge on any atom is 0.0861 e. The molecule has 0 aromatic carbocycles. The summed E-state index contributed by atoms with van der Waals surface area (Å²) in [6.45, 7) is 1.98. The van der Waals surface area contributed by atoms with Gasteiger partial charge in [0.25, 0.3) is 0 Å². The first-order valence-corrected chi connectivity index (χ1v) is 6.78. The van der Waals surface area contributed by atoms with Crippen LogP contribution in [-0.4, -0.2) is 10.7 Å². The van der Waals surface area contributed by atoms with Crippen LogP contribution in [0.2, 0.25) is 0 Å². The normalized spacial score (nSPS) is 31.9. The molecule has 92 valence electrons. The monoisotopic (exact) mass is 222 g/mol. The Morgan fingerprint density at radius 3 is 2.44 bits per heavy atom. The minimum Gasteiger partial charge on any atom is -0.385 e. The van der Waals surface area contributed by atoms with Crippen LogP contribution >= 0.6 is 0 Å². The van der Waals surface area contributed by atoms with Crippen LogP contribution in [0.15, 0.2) is 24.3 Å². The summed E-state index contributed by atoms with van der Waals surface area (Å²) in [5, 5.41) is 10.4. The lowest BCUT2D eigenvalue weighted by Crippen LogP contribution is -2.24. The summed E-state index contributed by atoms with van der Waals surface area (Å²) in [7, 11) is 0. The van der Waals surface area contributed by atoms with Gasteiger partial charge >= 0.3 is 0 Å². The summed E-state index contributed by atoms with van der Waals surface area (Å²) >= 11 is 0. The van der Waals surface area contributed by atoms with Crippen molar-refractivity contribution in [3.63, 3.8) is 0 Å². The molecule has 1 aliphatic carbocycles. The summed E-state index contributed by atoms with van der Waals surface area (Å²) in [5.41, 5.74) is -0.593. The van der Waals surface area contributed by atoms with Crippen LogP contribution in [0.3, 0.4) is 0 Å². The molecule has 0 saturated carbocycles. The molecule has 1 N–H and O–H groups in total. The molecule has 1 aliphatic rings. The summed E-state index contributed by atoms with van der Waals surface area (Å²) in [5.74, 6) is 0. The molecule has 16 heavy (non-hydrogen) atoms. The molecule has 1 atom stereocenters. The van der Waals surface area contributed by atoms with Gasteiger partial charge in [-0.25, -0.2) is 0 Å². The van der Waals surface area contributed by atoms with E-state index in [0.29, 0.717) is 0 Å². The maximum absolute atomic E-state index is 10.4. The molecule has 1 nitrogen and oxygen atoms in total. The maximum atomic E-state index is 10.4. The third kappa shape index (κ3) is 5.50. The van der Waals surface area contributed by atoms with Crippen molar-refractivity contribution in [2.45, 2.75) is 70.3 Å². The number of allylic oxidation sites excluding steroid dienone is 2. The molecule has 1 unspecified atom stereocenters. The Kier molecular flexibility index (Phi) is 6.47. The Hall–Kier alpha value is -0.560. The Morgan fingerprint density at radius 2 is 1.69 bits per heavy atom. The summed E-state index contributed by atoms with van der Waals surface area (Å²) in [6, 6.07) is 0. The van der Waals surface area contributed by atoms with Crippen LogP contribution in [0.5, 0.6) is 0 Å². The van der Waals surface area contributed by atoms with E-state index in [1.807, 2.05) is 19.1 Å². The van der Waals surface area contributed by atoms with Gasteiger partial charge in [0, 0.05) is 0 Å². The largest absolute Gasteiger partial charge is 0.385 e. The Morgan fingerprint density at radius 1 is 1.00 bits per heavy atom. The minimum atomic E-state index is -0.593. The molecule has 0 fully saturated rings. The second kappa shape index (κ2) is 7.67. The summed E-state index contributed by atoms with van der Waals surface area (Å²) < 4.78 is 0. The predicted octanol–water partition coefficient (Wildman–Crippen LogP) is 4.37. The van der Waals surface area contributed by atoms with Crippen molar-refractivity contribution in [1.82, 2.24) is 0 Å². The number of hydrogen-bond acceptors (Lipinski definition) is 1. The van der Waals surface area contributed by atoms with E-state index in [4.69, 9.17) is 0 Å². The first-order chi connectivity index (χ1) is 7.77. The summed E-state index contributed by atoms with van der Waals surface area (Å²) in [4.78, 5) is 0. The first-order valence-electron chi connectivity index (χ1n) is 6.78. The number of aliphatic hydroxyl groups is 1. The highest BCUT2D eigenvalue weighted by atomic mass is 16.3. The summed E-state index contributed by atoms with van der Waals surface area (Å²) in [6.07, 6.45) is 18.9. The molecule has 0 aromatic heterocycles. The first kappa shape index (κ1) is 13.5. The van der Waals surface area contributed by atoms with Crippen molar-refractivity contribution in [3.8, 4) is 0 Å². The van der Waals surface area contributed by atoms with Crippen LogP contribution in [-0.2, 0) is 0 Å². The van der Waals surface area contributed by atoms with Gasteiger partial charge in [0.2, 0.25) is 0 Å². The van der Waals surface area contributed by atoms with Gasteiger partial charge in [-0.3, -0.25) is 0 Å². The highest BCUT2D eigenvalue weighted by molar-refractivity contribution is 5.04. The molecule has 0 bridgehead atoms. The van der Waals surface area contributed by atoms with Crippen molar-refractivity contribution in [2.24, 2.45) is 0 Å². The quantitative estimate of drug-likeness (QED) is 0.653. The molecule has 1 heteroatoms. The lowest BCUT2D eigenvalue weighted by molar-refractivity contribution is 0.0812.